The summed E-state index contributed by atoms with van der Waals surface area (Å²) in [6, 6.07) is 0. The molecule has 0 heterocycles. The molecule has 0 spiro atoms. The van der Waals surface area contributed by atoms with Crippen molar-refractivity contribution >= 4 is 0 Å². The van der Waals surface area contributed by atoms with Gasteiger partial charge in [-0.2, -0.15) is 0 Å². The van der Waals surface area contributed by atoms with Crippen LogP contribution in [0, 0.1) is 0 Å². The Balaban J connectivity index is 3.36. The highest BCUT2D eigenvalue weighted by Crippen LogP contribution is 2.19. The van der Waals surface area contributed by atoms with Gasteiger partial charge in [-0.25, -0.2) is 0 Å². The van der Waals surface area contributed by atoms with Crippen molar-refractivity contribution in [3.8, 4) is 0 Å². The Morgan fingerprint density at radius 3 is 2.06 bits per heavy atom. The van der Waals surface area contributed by atoms with Gasteiger partial charge in [-0.1, -0.05) is 51.9 Å². The Hall–Kier alpha value is -0.0800. The summed E-state index contributed by atoms with van der Waals surface area (Å²) in [6.07, 6.45) is 10.6. The van der Waals surface area contributed by atoms with E-state index in [1.54, 1.807) is 7.11 Å². The lowest BCUT2D eigenvalue weighted by Gasteiger charge is -2.25. The fourth-order valence-corrected chi connectivity index (χ4v) is 2.09. The highest BCUT2D eigenvalue weighted by molar-refractivity contribution is 4.72. The van der Waals surface area contributed by atoms with E-state index in [0.29, 0.717) is 0 Å². The Kier molecular flexibility index (Phi) is 9.85. The molecule has 0 saturated heterocycles. The molecule has 17 heavy (non-hydrogen) atoms. The predicted octanol–water partition coefficient (Wildman–Crippen LogP) is 4.30. The van der Waals surface area contributed by atoms with Gasteiger partial charge in [0.05, 0.1) is 11.7 Å². The highest BCUT2D eigenvalue weighted by Gasteiger charge is 2.20. The van der Waals surface area contributed by atoms with E-state index in [1.807, 2.05) is 13.8 Å². The van der Waals surface area contributed by atoms with Crippen molar-refractivity contribution in [2.24, 2.45) is 0 Å². The van der Waals surface area contributed by atoms with Crippen molar-refractivity contribution < 1.29 is 9.84 Å². The van der Waals surface area contributed by atoms with Crippen LogP contribution in [-0.2, 0) is 4.74 Å². The van der Waals surface area contributed by atoms with E-state index in [1.165, 1.54) is 38.5 Å². The first kappa shape index (κ1) is 16.9. The number of rotatable bonds is 11. The quantitative estimate of drug-likeness (QED) is 0.549. The molecule has 0 aliphatic carbocycles. The molecule has 1 unspecified atom stereocenters. The van der Waals surface area contributed by atoms with Gasteiger partial charge in [-0.05, 0) is 20.3 Å². The number of aliphatic hydroxyl groups is 1. The largest absolute Gasteiger partial charge is 0.393 e. The van der Waals surface area contributed by atoms with Crippen LogP contribution < -0.4 is 0 Å². The number of ether oxygens (including phenoxy) is 1. The molecule has 2 heteroatoms. The lowest BCUT2D eigenvalue weighted by molar-refractivity contribution is -0.0215. The topological polar surface area (TPSA) is 29.5 Å². The Morgan fingerprint density at radius 2 is 1.53 bits per heavy atom. The highest BCUT2D eigenvalue weighted by atomic mass is 16.5. The van der Waals surface area contributed by atoms with E-state index < -0.39 is 0 Å². The van der Waals surface area contributed by atoms with Crippen LogP contribution in [0.3, 0.4) is 0 Å². The van der Waals surface area contributed by atoms with E-state index >= 15 is 0 Å². The second kappa shape index (κ2) is 9.90. The van der Waals surface area contributed by atoms with Crippen LogP contribution in [0.15, 0.2) is 0 Å². The van der Waals surface area contributed by atoms with E-state index in [4.69, 9.17) is 4.74 Å². The first-order chi connectivity index (χ1) is 8.02. The molecule has 104 valence electrons. The van der Waals surface area contributed by atoms with Crippen molar-refractivity contribution in [2.75, 3.05) is 7.11 Å². The summed E-state index contributed by atoms with van der Waals surface area (Å²) in [5, 5.41) is 9.88. The van der Waals surface area contributed by atoms with Gasteiger partial charge in [-0.3, -0.25) is 0 Å². The lowest BCUT2D eigenvalue weighted by Crippen LogP contribution is -2.28. The molecule has 0 aromatic rings. The molecule has 0 rings (SSSR count). The molecular weight excluding hydrogens is 212 g/mol. The summed E-state index contributed by atoms with van der Waals surface area (Å²) in [5.41, 5.74) is -0.194. The second-order valence-corrected chi connectivity index (χ2v) is 5.73. The van der Waals surface area contributed by atoms with Crippen molar-refractivity contribution in [2.45, 2.75) is 90.3 Å². The molecule has 0 aromatic carbocycles. The summed E-state index contributed by atoms with van der Waals surface area (Å²) in [7, 11) is 1.71. The molecule has 0 radical (unpaired) electrons. The van der Waals surface area contributed by atoms with Crippen LogP contribution in [0.1, 0.15) is 78.6 Å². The second-order valence-electron chi connectivity index (χ2n) is 5.73. The van der Waals surface area contributed by atoms with E-state index in [2.05, 4.69) is 6.92 Å². The first-order valence-corrected chi connectivity index (χ1v) is 7.25. The average Bonchev–Trinajstić information content (AvgIpc) is 2.27. The van der Waals surface area contributed by atoms with Crippen LogP contribution in [0.2, 0.25) is 0 Å². The third-order valence-corrected chi connectivity index (χ3v) is 3.42. The maximum absolute atomic E-state index is 9.88. The van der Waals surface area contributed by atoms with E-state index in [-0.39, 0.29) is 11.7 Å². The van der Waals surface area contributed by atoms with Crippen LogP contribution in [0.5, 0.6) is 0 Å². The summed E-state index contributed by atoms with van der Waals surface area (Å²) < 4.78 is 5.32. The number of unbranched alkanes of at least 4 members (excludes halogenated alkanes) is 6. The number of hydrogen-bond donors (Lipinski definition) is 1. The smallest absolute Gasteiger partial charge is 0.0647 e. The monoisotopic (exact) mass is 244 g/mol. The minimum absolute atomic E-state index is 0.194. The van der Waals surface area contributed by atoms with Crippen molar-refractivity contribution in [3.63, 3.8) is 0 Å². The SMILES string of the molecule is CCCCCCCCCC(O)CC(C)(C)OC. The average molecular weight is 244 g/mol. The summed E-state index contributed by atoms with van der Waals surface area (Å²) in [4.78, 5) is 0. The van der Waals surface area contributed by atoms with Crippen LogP contribution >= 0.6 is 0 Å². The molecule has 0 aromatic heterocycles. The minimum Gasteiger partial charge on any atom is -0.393 e. The van der Waals surface area contributed by atoms with Crippen molar-refractivity contribution in [1.29, 1.82) is 0 Å². The normalized spacial score (nSPS) is 13.9. The first-order valence-electron chi connectivity index (χ1n) is 7.25. The third-order valence-electron chi connectivity index (χ3n) is 3.42. The third kappa shape index (κ3) is 10.8. The number of methoxy groups -OCH3 is 1. The molecular formula is C15H32O2. The molecule has 1 atom stereocenters. The van der Waals surface area contributed by atoms with Crippen molar-refractivity contribution in [3.05, 3.63) is 0 Å². The summed E-state index contributed by atoms with van der Waals surface area (Å²) >= 11 is 0. The lowest BCUT2D eigenvalue weighted by atomic mass is 9.96. The number of aliphatic hydroxyl groups excluding tert-OH is 1. The Bertz CT molecular complexity index is 166. The Morgan fingerprint density at radius 1 is 1.00 bits per heavy atom. The maximum Gasteiger partial charge on any atom is 0.0647 e. The zero-order valence-corrected chi connectivity index (χ0v) is 12.3. The van der Waals surface area contributed by atoms with Crippen molar-refractivity contribution in [1.82, 2.24) is 0 Å². The summed E-state index contributed by atoms with van der Waals surface area (Å²) in [5.74, 6) is 0. The summed E-state index contributed by atoms with van der Waals surface area (Å²) in [6.45, 7) is 6.30. The fourth-order valence-electron chi connectivity index (χ4n) is 2.09. The van der Waals surface area contributed by atoms with E-state index in [9.17, 15) is 5.11 Å². The van der Waals surface area contributed by atoms with Gasteiger partial charge in [-0.15, -0.1) is 0 Å². The van der Waals surface area contributed by atoms with Gasteiger partial charge in [0.2, 0.25) is 0 Å². The van der Waals surface area contributed by atoms with Gasteiger partial charge < -0.3 is 9.84 Å². The molecule has 0 aliphatic rings. The van der Waals surface area contributed by atoms with Gasteiger partial charge in [0.15, 0.2) is 0 Å². The molecule has 0 amide bonds. The number of hydrogen-bond acceptors (Lipinski definition) is 2. The molecule has 1 N–H and O–H groups in total. The van der Waals surface area contributed by atoms with Gasteiger partial charge in [0.1, 0.15) is 0 Å². The van der Waals surface area contributed by atoms with Crippen LogP contribution in [0.25, 0.3) is 0 Å². The molecule has 0 aliphatic heterocycles. The zero-order valence-electron chi connectivity index (χ0n) is 12.3. The standard InChI is InChI=1S/C15H32O2/c1-5-6-7-8-9-10-11-12-14(16)13-15(2,3)17-4/h14,16H,5-13H2,1-4H3. The van der Waals surface area contributed by atoms with Gasteiger partial charge in [0.25, 0.3) is 0 Å². The molecule has 2 nitrogen and oxygen atoms in total. The van der Waals surface area contributed by atoms with Crippen LogP contribution in [-0.4, -0.2) is 23.9 Å². The fraction of sp³-hybridized carbons (Fsp3) is 1.00. The molecule has 0 bridgehead atoms. The maximum atomic E-state index is 9.88. The van der Waals surface area contributed by atoms with Gasteiger partial charge >= 0.3 is 0 Å². The molecule has 0 saturated carbocycles. The van der Waals surface area contributed by atoms with Crippen LogP contribution in [0.4, 0.5) is 0 Å². The predicted molar refractivity (Wildman–Crippen MR) is 74.3 cm³/mol. The minimum atomic E-state index is -0.208. The van der Waals surface area contributed by atoms with E-state index in [0.717, 1.165) is 19.3 Å². The Labute approximate surface area is 108 Å². The van der Waals surface area contributed by atoms with Gasteiger partial charge in [0, 0.05) is 13.5 Å². The zero-order chi connectivity index (χ0) is 13.1. The molecule has 0 fully saturated rings.